The smallest absolute Gasteiger partial charge is 0.339 e. The number of methoxy groups -OCH3 is 2. The molecule has 0 atom stereocenters. The summed E-state index contributed by atoms with van der Waals surface area (Å²) in [5.41, 5.74) is 1.72. The van der Waals surface area contributed by atoms with Gasteiger partial charge in [0.05, 0.1) is 36.1 Å². The minimum atomic E-state index is -0.426. The number of ether oxygens (including phenoxy) is 2. The van der Waals surface area contributed by atoms with Crippen LogP contribution >= 0.6 is 11.6 Å². The van der Waals surface area contributed by atoms with Crippen LogP contribution in [0, 0.1) is 0 Å². The summed E-state index contributed by atoms with van der Waals surface area (Å²) in [7, 11) is 2.89. The molecular formula is C14H12ClNO3. The van der Waals surface area contributed by atoms with Crippen LogP contribution in [0.25, 0.3) is 11.3 Å². The van der Waals surface area contributed by atoms with Crippen LogP contribution in [0.3, 0.4) is 0 Å². The number of pyridine rings is 1. The Bertz CT molecular complexity index is 596. The maximum atomic E-state index is 11.3. The first-order valence-corrected chi connectivity index (χ1v) is 5.92. The van der Waals surface area contributed by atoms with Crippen molar-refractivity contribution < 1.29 is 14.3 Å². The van der Waals surface area contributed by atoms with Crippen LogP contribution < -0.4 is 4.74 Å². The molecule has 0 saturated heterocycles. The SMILES string of the molecule is COC(=O)c1ccc(-c2c(Cl)cccc2OC)nc1. The molecule has 5 heteroatoms. The van der Waals surface area contributed by atoms with Gasteiger partial charge in [0.2, 0.25) is 0 Å². The highest BCUT2D eigenvalue weighted by Gasteiger charge is 2.12. The first kappa shape index (κ1) is 13.4. The maximum absolute atomic E-state index is 11.3. The predicted octanol–water partition coefficient (Wildman–Crippen LogP) is 3.20. The molecule has 1 aromatic carbocycles. The van der Waals surface area contributed by atoms with Crippen LogP contribution in [0.15, 0.2) is 36.5 Å². The molecule has 2 aromatic rings. The fourth-order valence-electron chi connectivity index (χ4n) is 1.70. The number of aromatic nitrogens is 1. The monoisotopic (exact) mass is 277 g/mol. The molecule has 98 valence electrons. The van der Waals surface area contributed by atoms with E-state index in [0.717, 1.165) is 0 Å². The first-order valence-electron chi connectivity index (χ1n) is 5.54. The summed E-state index contributed by atoms with van der Waals surface area (Å²) < 4.78 is 9.88. The Balaban J connectivity index is 2.46. The molecule has 0 aliphatic heterocycles. The third-order valence-corrected chi connectivity index (χ3v) is 2.95. The van der Waals surface area contributed by atoms with Gasteiger partial charge in [-0.2, -0.15) is 0 Å². The van der Waals surface area contributed by atoms with Gasteiger partial charge in [0, 0.05) is 6.20 Å². The van der Waals surface area contributed by atoms with Crippen molar-refractivity contribution in [3.05, 3.63) is 47.1 Å². The van der Waals surface area contributed by atoms with E-state index in [-0.39, 0.29) is 0 Å². The van der Waals surface area contributed by atoms with Gasteiger partial charge in [-0.3, -0.25) is 4.98 Å². The van der Waals surface area contributed by atoms with E-state index in [1.807, 2.05) is 0 Å². The van der Waals surface area contributed by atoms with Crippen LogP contribution in [-0.2, 0) is 4.74 Å². The number of benzene rings is 1. The second-order valence-electron chi connectivity index (χ2n) is 3.74. The molecule has 0 N–H and O–H groups in total. The molecule has 1 heterocycles. The van der Waals surface area contributed by atoms with Crippen molar-refractivity contribution in [1.82, 2.24) is 4.98 Å². The highest BCUT2D eigenvalue weighted by Crippen LogP contribution is 2.35. The van der Waals surface area contributed by atoms with E-state index in [4.69, 9.17) is 16.3 Å². The van der Waals surface area contributed by atoms with E-state index in [1.165, 1.54) is 13.3 Å². The zero-order valence-electron chi connectivity index (χ0n) is 10.5. The Kier molecular flexibility index (Phi) is 4.02. The molecule has 19 heavy (non-hydrogen) atoms. The number of esters is 1. The molecule has 0 aliphatic rings. The molecule has 2 rings (SSSR count). The van der Waals surface area contributed by atoms with E-state index >= 15 is 0 Å². The molecule has 0 unspecified atom stereocenters. The molecule has 4 nitrogen and oxygen atoms in total. The highest BCUT2D eigenvalue weighted by molar-refractivity contribution is 6.33. The van der Waals surface area contributed by atoms with Crippen LogP contribution in [0.1, 0.15) is 10.4 Å². The number of carbonyl (C=O) groups excluding carboxylic acids is 1. The summed E-state index contributed by atoms with van der Waals surface area (Å²) in [6, 6.07) is 8.70. The number of carbonyl (C=O) groups is 1. The van der Waals surface area contributed by atoms with E-state index in [1.54, 1.807) is 37.4 Å². The van der Waals surface area contributed by atoms with E-state index < -0.39 is 5.97 Å². The van der Waals surface area contributed by atoms with E-state index in [0.29, 0.717) is 27.6 Å². The van der Waals surface area contributed by atoms with Crippen molar-refractivity contribution in [3.8, 4) is 17.0 Å². The quantitative estimate of drug-likeness (QED) is 0.809. The van der Waals surface area contributed by atoms with Gasteiger partial charge in [0.15, 0.2) is 0 Å². The topological polar surface area (TPSA) is 48.4 Å². The van der Waals surface area contributed by atoms with E-state index in [9.17, 15) is 4.79 Å². The lowest BCUT2D eigenvalue weighted by Gasteiger charge is -2.09. The Morgan fingerprint density at radius 1 is 1.21 bits per heavy atom. The summed E-state index contributed by atoms with van der Waals surface area (Å²) in [5.74, 6) is 0.205. The lowest BCUT2D eigenvalue weighted by atomic mass is 10.1. The molecule has 1 aromatic heterocycles. The van der Waals surface area contributed by atoms with Crippen molar-refractivity contribution in [1.29, 1.82) is 0 Å². The van der Waals surface area contributed by atoms with Gasteiger partial charge >= 0.3 is 5.97 Å². The summed E-state index contributed by atoms with van der Waals surface area (Å²) in [6.07, 6.45) is 1.45. The second kappa shape index (κ2) is 5.71. The minimum Gasteiger partial charge on any atom is -0.496 e. The van der Waals surface area contributed by atoms with Crippen LogP contribution in [-0.4, -0.2) is 25.2 Å². The molecule has 0 amide bonds. The molecule has 0 saturated carbocycles. The van der Waals surface area contributed by atoms with Crippen molar-refractivity contribution in [3.63, 3.8) is 0 Å². The number of rotatable bonds is 3. The Morgan fingerprint density at radius 3 is 2.58 bits per heavy atom. The van der Waals surface area contributed by atoms with E-state index in [2.05, 4.69) is 9.72 Å². The van der Waals surface area contributed by atoms with Crippen LogP contribution in [0.4, 0.5) is 0 Å². The Hall–Kier alpha value is -2.07. The fraction of sp³-hybridized carbons (Fsp3) is 0.143. The number of hydrogen-bond donors (Lipinski definition) is 0. The van der Waals surface area contributed by atoms with Gasteiger partial charge in [-0.1, -0.05) is 17.7 Å². The molecule has 0 radical (unpaired) electrons. The van der Waals surface area contributed by atoms with Gasteiger partial charge in [-0.25, -0.2) is 4.79 Å². The predicted molar refractivity (Wildman–Crippen MR) is 72.6 cm³/mol. The van der Waals surface area contributed by atoms with Crippen molar-refractivity contribution >= 4 is 17.6 Å². The summed E-state index contributed by atoms with van der Waals surface area (Å²) in [6.45, 7) is 0. The standard InChI is InChI=1S/C14H12ClNO3/c1-18-12-5-3-4-10(15)13(12)11-7-6-9(8-16-11)14(17)19-2/h3-8H,1-2H3. The highest BCUT2D eigenvalue weighted by atomic mass is 35.5. The summed E-state index contributed by atoms with van der Waals surface area (Å²) >= 11 is 6.16. The lowest BCUT2D eigenvalue weighted by Crippen LogP contribution is -2.02. The van der Waals surface area contributed by atoms with Crippen LogP contribution in [0.5, 0.6) is 5.75 Å². The molecule has 0 spiro atoms. The van der Waals surface area contributed by atoms with Gasteiger partial charge in [-0.15, -0.1) is 0 Å². The second-order valence-corrected chi connectivity index (χ2v) is 4.15. The number of hydrogen-bond acceptors (Lipinski definition) is 4. The van der Waals surface area contributed by atoms with Gasteiger partial charge in [-0.05, 0) is 24.3 Å². The third-order valence-electron chi connectivity index (χ3n) is 2.64. The number of halogens is 1. The Morgan fingerprint density at radius 2 is 2.00 bits per heavy atom. The van der Waals surface area contributed by atoms with Crippen molar-refractivity contribution in [2.75, 3.05) is 14.2 Å². The molecule has 0 bridgehead atoms. The molecular weight excluding hydrogens is 266 g/mol. The average Bonchev–Trinajstić information content (AvgIpc) is 2.46. The van der Waals surface area contributed by atoms with Gasteiger partial charge < -0.3 is 9.47 Å². The largest absolute Gasteiger partial charge is 0.496 e. The lowest BCUT2D eigenvalue weighted by molar-refractivity contribution is 0.0600. The zero-order valence-corrected chi connectivity index (χ0v) is 11.3. The van der Waals surface area contributed by atoms with Gasteiger partial charge in [0.25, 0.3) is 0 Å². The van der Waals surface area contributed by atoms with Gasteiger partial charge in [0.1, 0.15) is 5.75 Å². The van der Waals surface area contributed by atoms with Crippen molar-refractivity contribution in [2.45, 2.75) is 0 Å². The Labute approximate surface area is 115 Å². The number of nitrogens with zero attached hydrogens (tertiary/aromatic N) is 1. The summed E-state index contributed by atoms with van der Waals surface area (Å²) in [5, 5.41) is 0.540. The summed E-state index contributed by atoms with van der Waals surface area (Å²) in [4.78, 5) is 15.6. The normalized spacial score (nSPS) is 10.1. The first-order chi connectivity index (χ1) is 9.17. The van der Waals surface area contributed by atoms with Crippen molar-refractivity contribution in [2.24, 2.45) is 0 Å². The zero-order chi connectivity index (χ0) is 13.8. The maximum Gasteiger partial charge on any atom is 0.339 e. The van der Waals surface area contributed by atoms with Crippen LogP contribution in [0.2, 0.25) is 5.02 Å². The fourth-order valence-corrected chi connectivity index (χ4v) is 1.97. The third kappa shape index (κ3) is 2.69. The minimum absolute atomic E-state index is 0.386. The average molecular weight is 278 g/mol. The molecule has 0 aliphatic carbocycles. The molecule has 0 fully saturated rings.